The summed E-state index contributed by atoms with van der Waals surface area (Å²) in [6.45, 7) is 10.5. The molecule has 8 rings (SSSR count). The van der Waals surface area contributed by atoms with E-state index in [9.17, 15) is 0 Å². The van der Waals surface area contributed by atoms with E-state index < -0.39 is 28.4 Å². The molecular weight excluding hydrogens is 843 g/mol. The summed E-state index contributed by atoms with van der Waals surface area (Å²) in [5, 5.41) is 20.3. The van der Waals surface area contributed by atoms with Crippen LogP contribution in [0, 0.1) is 22.7 Å². The van der Waals surface area contributed by atoms with Gasteiger partial charge in [0, 0.05) is 54.7 Å². The molecule has 1 aromatic carbocycles. The van der Waals surface area contributed by atoms with Gasteiger partial charge in [0.05, 0.1) is 25.5 Å². The highest BCUT2D eigenvalue weighted by Gasteiger charge is 2.85. The Morgan fingerprint density at radius 2 is 1.96 bits per heavy atom. The summed E-state index contributed by atoms with van der Waals surface area (Å²) >= 11 is 0. The third-order valence-electron chi connectivity index (χ3n) is 15.4. The molecule has 7 unspecified atom stereocenters. The minimum absolute atomic E-state index is 0.00547. The molecule has 67 heavy (non-hydrogen) atoms. The van der Waals surface area contributed by atoms with Crippen molar-refractivity contribution in [3.63, 3.8) is 0 Å². The Morgan fingerprint density at radius 3 is 2.69 bits per heavy atom. The highest BCUT2D eigenvalue weighted by molar-refractivity contribution is 6.33. The number of ether oxygens (including phenoxy) is 2. The van der Waals surface area contributed by atoms with Crippen LogP contribution in [0.2, 0.25) is 0 Å². The number of carbonyl (C=O) groups excluding carboxylic acids is 3. The number of dihydropyridines is 2. The number of Topliss-reactive ketones (excluding diaryl/α,β-unsaturated/α-hetero) is 2. The van der Waals surface area contributed by atoms with E-state index in [4.69, 9.17) is 20.9 Å². The second-order valence-electron chi connectivity index (χ2n) is 20.4. The van der Waals surface area contributed by atoms with Crippen LogP contribution in [0.3, 0.4) is 0 Å². The topological polar surface area (TPSA) is 210 Å². The summed E-state index contributed by atoms with van der Waals surface area (Å²) in [6.07, 6.45) is 26.5. The first-order valence-corrected chi connectivity index (χ1v) is 24.5. The first-order valence-electron chi connectivity index (χ1n) is 24.5. The Kier molecular flexibility index (Phi) is 14.2. The van der Waals surface area contributed by atoms with Gasteiger partial charge in [-0.25, -0.2) is 4.79 Å². The van der Waals surface area contributed by atoms with Gasteiger partial charge in [-0.3, -0.25) is 14.6 Å². The monoisotopic (exact) mass is 916 g/mol. The quantitative estimate of drug-likeness (QED) is 0.0181. The largest absolute Gasteiger partial charge is 0.463 e. The number of nitrogens with one attached hydrogen (secondary N) is 6. The lowest BCUT2D eigenvalue weighted by atomic mass is 9.67. The lowest BCUT2D eigenvalue weighted by Crippen LogP contribution is -2.52. The van der Waals surface area contributed by atoms with Gasteiger partial charge in [0.25, 0.3) is 5.60 Å². The van der Waals surface area contributed by atoms with Gasteiger partial charge >= 0.3 is 5.97 Å². The van der Waals surface area contributed by atoms with Crippen molar-refractivity contribution in [2.45, 2.75) is 121 Å². The number of hydrogen-bond donors (Lipinski definition) is 8. The lowest BCUT2D eigenvalue weighted by Gasteiger charge is -2.41. The number of benzene rings is 1. The van der Waals surface area contributed by atoms with Gasteiger partial charge in [-0.15, -0.1) is 0 Å². The van der Waals surface area contributed by atoms with Crippen molar-refractivity contribution in [1.82, 2.24) is 31.9 Å². The fraction of sp³-hybridized carbons (Fsp3) is 0.547. The number of epoxide rings is 1. The molecule has 0 aromatic heterocycles. The van der Waals surface area contributed by atoms with E-state index in [1.54, 1.807) is 13.1 Å². The van der Waals surface area contributed by atoms with Crippen molar-refractivity contribution in [1.29, 1.82) is 0 Å². The fourth-order valence-electron chi connectivity index (χ4n) is 11.9. The number of nitrogens with two attached hydrogens (primary N) is 2. The molecule has 0 amide bonds. The summed E-state index contributed by atoms with van der Waals surface area (Å²) < 4.78 is 12.9. The predicted octanol–water partition coefficient (Wildman–Crippen LogP) is 5.23. The van der Waals surface area contributed by atoms with Gasteiger partial charge in [-0.2, -0.15) is 0 Å². The summed E-state index contributed by atoms with van der Waals surface area (Å²) in [6, 6.07) is 5.20. The van der Waals surface area contributed by atoms with Crippen molar-refractivity contribution >= 4 is 23.5 Å². The van der Waals surface area contributed by atoms with E-state index >= 15 is 14.4 Å². The molecule has 0 spiro atoms. The van der Waals surface area contributed by atoms with E-state index in [2.05, 4.69) is 95.0 Å². The molecule has 7 aliphatic rings. The van der Waals surface area contributed by atoms with Gasteiger partial charge in [0.2, 0.25) is 5.78 Å². The van der Waals surface area contributed by atoms with Crippen LogP contribution in [0.4, 0.5) is 0 Å². The third kappa shape index (κ3) is 9.34. The maximum Gasteiger partial charge on any atom is 0.350 e. The maximum absolute atomic E-state index is 15.5. The van der Waals surface area contributed by atoms with E-state index in [0.29, 0.717) is 43.5 Å². The number of allylic oxidation sites excluding steroid dienone is 5. The van der Waals surface area contributed by atoms with Gasteiger partial charge in [0.15, 0.2) is 17.3 Å². The van der Waals surface area contributed by atoms with Crippen LogP contribution in [-0.4, -0.2) is 93.4 Å². The summed E-state index contributed by atoms with van der Waals surface area (Å²) in [7, 11) is 3.56. The molecule has 3 aliphatic heterocycles. The SMILES string of the molecule is CCNC1C=C2C=CCCC2CC1COC(=O)C12OC1(CC=C(C)C1(C(NC(N)=NC)C3=CCNC(NCNC)=C3)CCCC1)C(=O)c1cccc(CC(C)(C)CC3=CNC(N)C=C3)c1C2=O. The van der Waals surface area contributed by atoms with Gasteiger partial charge in [-0.05, 0) is 111 Å². The number of hydrogen-bond acceptors (Lipinski definition) is 12. The zero-order valence-electron chi connectivity index (χ0n) is 40.4. The third-order valence-corrected chi connectivity index (χ3v) is 15.4. The van der Waals surface area contributed by atoms with E-state index in [1.807, 2.05) is 43.6 Å². The number of likely N-dealkylation sites (N-methyl/N-ethyl adjacent to an activating group) is 1. The predicted molar refractivity (Wildman–Crippen MR) is 264 cm³/mol. The van der Waals surface area contributed by atoms with Crippen molar-refractivity contribution in [2.24, 2.45) is 39.1 Å². The number of fused-ring (bicyclic) bond motifs is 3. The number of aliphatic imine (C=N–C) groups is 1. The van der Waals surface area contributed by atoms with Gasteiger partial charge < -0.3 is 52.8 Å². The van der Waals surface area contributed by atoms with Gasteiger partial charge in [0.1, 0.15) is 5.82 Å². The molecule has 14 nitrogen and oxygen atoms in total. The molecule has 2 fully saturated rings. The Morgan fingerprint density at radius 1 is 1.15 bits per heavy atom. The summed E-state index contributed by atoms with van der Waals surface area (Å²) in [5.41, 5.74) is 13.6. The molecule has 7 atom stereocenters. The normalized spacial score (nSPS) is 29.2. The Hall–Kier alpha value is -5.28. The van der Waals surface area contributed by atoms with Crippen LogP contribution >= 0.6 is 0 Å². The van der Waals surface area contributed by atoms with Crippen LogP contribution in [0.1, 0.15) is 112 Å². The molecular formula is C53H73N9O5. The fourth-order valence-corrected chi connectivity index (χ4v) is 11.9. The maximum atomic E-state index is 15.5. The molecule has 3 heterocycles. The molecule has 10 N–H and O–H groups in total. The zero-order valence-corrected chi connectivity index (χ0v) is 40.4. The van der Waals surface area contributed by atoms with Crippen molar-refractivity contribution in [2.75, 3.05) is 40.5 Å². The van der Waals surface area contributed by atoms with Crippen LogP contribution in [0.25, 0.3) is 0 Å². The Balaban J connectivity index is 1.15. The second kappa shape index (κ2) is 19.7. The highest BCUT2D eigenvalue weighted by Crippen LogP contribution is 2.60. The lowest BCUT2D eigenvalue weighted by molar-refractivity contribution is -0.150. The Labute approximate surface area is 396 Å². The molecule has 360 valence electrons. The summed E-state index contributed by atoms with van der Waals surface area (Å²) in [5.74, 6) is -0.0903. The molecule has 0 radical (unpaired) electrons. The number of guanidine groups is 1. The Bertz CT molecular complexity index is 2350. The molecule has 1 aromatic rings. The number of nitrogens with zero attached hydrogens (tertiary/aromatic N) is 1. The average molecular weight is 916 g/mol. The molecule has 0 bridgehead atoms. The van der Waals surface area contributed by atoms with Crippen molar-refractivity contribution in [3.05, 3.63) is 118 Å². The van der Waals surface area contributed by atoms with Crippen molar-refractivity contribution in [3.8, 4) is 0 Å². The standard InChI is InChI=1S/C53H73N9O5/c1-7-58-41-26-36-14-9-8-13-35(36)25-39(41)31-66-48(65)53-47(64)44-38(29-50(3,4)28-34-17-18-42(54)60-30-34)15-12-16-40(44)46(63)52(53,67-53)23-19-33(2)51(21-10-11-22-51)45(62-49(55)57-6)37-20-24-59-43(27-37)61-32-56-5/h9,12,14-20,26-27,30,35,39,41-42,45,56,58-61H,7-8,10-11,13,21-25,28-29,31-32,54H2,1-6H3,(H3,55,57,62). The van der Waals surface area contributed by atoms with Crippen LogP contribution in [0.5, 0.6) is 0 Å². The van der Waals surface area contributed by atoms with E-state index in [0.717, 1.165) is 74.0 Å². The molecule has 4 aliphatic carbocycles. The minimum Gasteiger partial charge on any atom is -0.463 e. The first-order chi connectivity index (χ1) is 32.2. The van der Waals surface area contributed by atoms with Crippen molar-refractivity contribution < 1.29 is 23.9 Å². The number of rotatable bonds is 18. The smallest absolute Gasteiger partial charge is 0.350 e. The molecule has 1 saturated carbocycles. The highest BCUT2D eigenvalue weighted by atomic mass is 16.7. The van der Waals surface area contributed by atoms with Crippen LogP contribution in [0.15, 0.2) is 106 Å². The number of esters is 1. The molecule has 1 saturated heterocycles. The van der Waals surface area contributed by atoms with Crippen LogP contribution in [-0.2, 0) is 20.7 Å². The zero-order chi connectivity index (χ0) is 47.6. The van der Waals surface area contributed by atoms with E-state index in [-0.39, 0.29) is 59.5 Å². The number of ketones is 2. The summed E-state index contributed by atoms with van der Waals surface area (Å²) in [4.78, 5) is 50.2. The average Bonchev–Trinajstić information content (AvgIpc) is 3.79. The first kappa shape index (κ1) is 48.2. The van der Waals surface area contributed by atoms with Crippen LogP contribution < -0.4 is 43.4 Å². The van der Waals surface area contributed by atoms with Gasteiger partial charge in [-0.1, -0.05) is 93.8 Å². The molecule has 14 heteroatoms. The number of carbonyl (C=O) groups is 3. The van der Waals surface area contributed by atoms with E-state index in [1.165, 1.54) is 5.57 Å². The minimum atomic E-state index is -2.13. The second-order valence-corrected chi connectivity index (χ2v) is 20.4.